The first-order valence-electron chi connectivity index (χ1n) is 7.40. The normalized spacial score (nSPS) is 16.1. The van der Waals surface area contributed by atoms with E-state index in [2.05, 4.69) is 0 Å². The molecule has 0 spiro atoms. The molecule has 2 amide bonds. The Morgan fingerprint density at radius 2 is 1.62 bits per heavy atom. The zero-order valence-corrected chi connectivity index (χ0v) is 14.1. The van der Waals surface area contributed by atoms with Crippen molar-refractivity contribution in [1.82, 2.24) is 0 Å². The SMILES string of the molecule is Cc1cccc(N2C(=O)S/C(=C\c3ccc(C=O)cc3)C2=O)c1C. The van der Waals surface area contributed by atoms with E-state index < -0.39 is 0 Å². The number of aldehydes is 1. The summed E-state index contributed by atoms with van der Waals surface area (Å²) < 4.78 is 0. The van der Waals surface area contributed by atoms with Gasteiger partial charge in [0.25, 0.3) is 11.1 Å². The van der Waals surface area contributed by atoms with Gasteiger partial charge < -0.3 is 0 Å². The minimum Gasteiger partial charge on any atom is -0.298 e. The van der Waals surface area contributed by atoms with E-state index >= 15 is 0 Å². The van der Waals surface area contributed by atoms with Gasteiger partial charge in [-0.05, 0) is 54.4 Å². The summed E-state index contributed by atoms with van der Waals surface area (Å²) in [6.07, 6.45) is 2.43. The molecule has 0 aliphatic carbocycles. The first-order valence-corrected chi connectivity index (χ1v) is 8.22. The highest BCUT2D eigenvalue weighted by Crippen LogP contribution is 2.37. The maximum atomic E-state index is 12.7. The number of aryl methyl sites for hydroxylation is 1. The lowest BCUT2D eigenvalue weighted by atomic mass is 10.1. The second kappa shape index (κ2) is 6.45. The average Bonchev–Trinajstić information content (AvgIpc) is 2.85. The Morgan fingerprint density at radius 1 is 0.958 bits per heavy atom. The Bertz CT molecular complexity index is 869. The molecule has 0 bridgehead atoms. The molecule has 24 heavy (non-hydrogen) atoms. The van der Waals surface area contributed by atoms with Crippen molar-refractivity contribution in [2.24, 2.45) is 0 Å². The lowest BCUT2D eigenvalue weighted by Gasteiger charge is -2.16. The Morgan fingerprint density at radius 3 is 2.29 bits per heavy atom. The summed E-state index contributed by atoms with van der Waals surface area (Å²) in [6, 6.07) is 12.4. The highest BCUT2D eigenvalue weighted by Gasteiger charge is 2.37. The molecule has 3 rings (SSSR count). The molecular formula is C19H15NO3S. The number of thioether (sulfide) groups is 1. The Hall–Kier alpha value is -2.66. The predicted molar refractivity (Wildman–Crippen MR) is 96.2 cm³/mol. The van der Waals surface area contributed by atoms with E-state index in [1.54, 1.807) is 36.4 Å². The molecule has 0 saturated carbocycles. The molecule has 1 saturated heterocycles. The van der Waals surface area contributed by atoms with E-state index in [0.29, 0.717) is 16.2 Å². The number of hydrogen-bond donors (Lipinski definition) is 0. The standard InChI is InChI=1S/C19H15NO3S/c1-12-4-3-5-16(13(12)2)20-18(22)17(24-19(20)23)10-14-6-8-15(11-21)9-7-14/h3-11H,1-2H3/b17-10-. The molecule has 1 fully saturated rings. The average molecular weight is 337 g/mol. The number of rotatable bonds is 3. The number of nitrogens with zero attached hydrogens (tertiary/aromatic N) is 1. The summed E-state index contributed by atoms with van der Waals surface area (Å²) in [5.74, 6) is -0.321. The largest absolute Gasteiger partial charge is 0.298 e. The molecule has 0 atom stereocenters. The summed E-state index contributed by atoms with van der Waals surface area (Å²) in [5.41, 5.74) is 3.90. The van der Waals surface area contributed by atoms with E-state index in [9.17, 15) is 14.4 Å². The molecule has 120 valence electrons. The lowest BCUT2D eigenvalue weighted by molar-refractivity contribution is -0.113. The number of carbonyl (C=O) groups is 3. The van der Waals surface area contributed by atoms with E-state index in [1.165, 1.54) is 4.90 Å². The number of anilines is 1. The predicted octanol–water partition coefficient (Wildman–Crippen LogP) is 4.36. The molecule has 0 unspecified atom stereocenters. The van der Waals surface area contributed by atoms with Gasteiger partial charge >= 0.3 is 0 Å². The first kappa shape index (κ1) is 16.2. The van der Waals surface area contributed by atoms with Crippen LogP contribution in [0.2, 0.25) is 0 Å². The Labute approximate surface area is 144 Å². The second-order valence-electron chi connectivity index (χ2n) is 5.52. The van der Waals surface area contributed by atoms with Crippen molar-refractivity contribution in [2.45, 2.75) is 13.8 Å². The summed E-state index contributed by atoms with van der Waals surface area (Å²) in [6.45, 7) is 3.85. The number of amides is 2. The van der Waals surface area contributed by atoms with Crippen LogP contribution < -0.4 is 4.90 Å². The van der Waals surface area contributed by atoms with Crippen LogP contribution in [-0.2, 0) is 4.79 Å². The third-order valence-electron chi connectivity index (χ3n) is 3.98. The van der Waals surface area contributed by atoms with E-state index in [1.807, 2.05) is 26.0 Å². The zero-order chi connectivity index (χ0) is 17.3. The number of carbonyl (C=O) groups excluding carboxylic acids is 3. The molecule has 1 aliphatic heterocycles. The van der Waals surface area contributed by atoms with Gasteiger partial charge in [-0.3, -0.25) is 14.4 Å². The van der Waals surface area contributed by atoms with Crippen LogP contribution >= 0.6 is 11.8 Å². The summed E-state index contributed by atoms with van der Waals surface area (Å²) >= 11 is 0.925. The third-order valence-corrected chi connectivity index (χ3v) is 4.85. The fourth-order valence-corrected chi connectivity index (χ4v) is 3.31. The van der Waals surface area contributed by atoms with Crippen LogP contribution in [0.4, 0.5) is 10.5 Å². The van der Waals surface area contributed by atoms with Gasteiger partial charge in [0.05, 0.1) is 10.6 Å². The molecule has 2 aromatic rings. The zero-order valence-electron chi connectivity index (χ0n) is 13.3. The van der Waals surface area contributed by atoms with Crippen molar-refractivity contribution >= 4 is 41.0 Å². The van der Waals surface area contributed by atoms with Crippen LogP contribution in [0, 0.1) is 13.8 Å². The van der Waals surface area contributed by atoms with Gasteiger partial charge in [0.1, 0.15) is 6.29 Å². The van der Waals surface area contributed by atoms with E-state index in [-0.39, 0.29) is 11.1 Å². The van der Waals surface area contributed by atoms with Gasteiger partial charge in [0.15, 0.2) is 0 Å². The van der Waals surface area contributed by atoms with Crippen LogP contribution in [0.1, 0.15) is 27.0 Å². The van der Waals surface area contributed by atoms with Gasteiger partial charge in [-0.2, -0.15) is 0 Å². The van der Waals surface area contributed by atoms with Crippen LogP contribution in [0.3, 0.4) is 0 Å². The van der Waals surface area contributed by atoms with Crippen molar-refractivity contribution in [3.63, 3.8) is 0 Å². The van der Waals surface area contributed by atoms with Gasteiger partial charge in [0.2, 0.25) is 0 Å². The number of hydrogen-bond acceptors (Lipinski definition) is 4. The molecule has 4 nitrogen and oxygen atoms in total. The fraction of sp³-hybridized carbons (Fsp3) is 0.105. The van der Waals surface area contributed by atoms with Gasteiger partial charge in [-0.1, -0.05) is 36.4 Å². The van der Waals surface area contributed by atoms with Gasteiger partial charge in [-0.15, -0.1) is 0 Å². The topological polar surface area (TPSA) is 54.5 Å². The minimum absolute atomic E-state index is 0.301. The quantitative estimate of drug-likeness (QED) is 0.617. The second-order valence-corrected chi connectivity index (χ2v) is 6.51. The van der Waals surface area contributed by atoms with Crippen molar-refractivity contribution in [1.29, 1.82) is 0 Å². The van der Waals surface area contributed by atoms with Crippen molar-refractivity contribution in [2.75, 3.05) is 4.90 Å². The van der Waals surface area contributed by atoms with Gasteiger partial charge in [-0.25, -0.2) is 4.90 Å². The van der Waals surface area contributed by atoms with Crippen LogP contribution in [0.25, 0.3) is 6.08 Å². The van der Waals surface area contributed by atoms with Crippen molar-refractivity contribution < 1.29 is 14.4 Å². The monoisotopic (exact) mass is 337 g/mol. The minimum atomic E-state index is -0.321. The first-order chi connectivity index (χ1) is 11.5. The molecule has 0 N–H and O–H groups in total. The molecule has 1 aliphatic rings. The third kappa shape index (κ3) is 2.90. The van der Waals surface area contributed by atoms with E-state index in [4.69, 9.17) is 0 Å². The molecule has 2 aromatic carbocycles. The number of imide groups is 1. The fourth-order valence-electron chi connectivity index (χ4n) is 2.48. The van der Waals surface area contributed by atoms with Crippen LogP contribution in [0.15, 0.2) is 47.4 Å². The van der Waals surface area contributed by atoms with Crippen LogP contribution in [0.5, 0.6) is 0 Å². The molecular weight excluding hydrogens is 322 g/mol. The highest BCUT2D eigenvalue weighted by molar-refractivity contribution is 8.19. The summed E-state index contributed by atoms with van der Waals surface area (Å²) in [7, 11) is 0. The molecule has 1 heterocycles. The van der Waals surface area contributed by atoms with Crippen molar-refractivity contribution in [3.05, 3.63) is 69.6 Å². The summed E-state index contributed by atoms with van der Waals surface area (Å²) in [5, 5.41) is -0.301. The molecule has 0 aromatic heterocycles. The molecule has 0 radical (unpaired) electrons. The lowest BCUT2D eigenvalue weighted by Crippen LogP contribution is -2.28. The Kier molecular flexibility index (Phi) is 4.36. The highest BCUT2D eigenvalue weighted by atomic mass is 32.2. The maximum absolute atomic E-state index is 12.7. The number of benzene rings is 2. The smallest absolute Gasteiger partial charge is 0.298 e. The van der Waals surface area contributed by atoms with Gasteiger partial charge in [0, 0.05) is 5.56 Å². The molecule has 5 heteroatoms. The summed E-state index contributed by atoms with van der Waals surface area (Å²) in [4.78, 5) is 37.3. The maximum Gasteiger partial charge on any atom is 0.298 e. The van der Waals surface area contributed by atoms with Crippen molar-refractivity contribution in [3.8, 4) is 0 Å². The Balaban J connectivity index is 1.95. The van der Waals surface area contributed by atoms with Crippen LogP contribution in [-0.4, -0.2) is 17.4 Å². The van der Waals surface area contributed by atoms with E-state index in [0.717, 1.165) is 34.7 Å².